The predicted octanol–water partition coefficient (Wildman–Crippen LogP) is 0.476. The Hall–Kier alpha value is -0.0800. The average Bonchev–Trinajstić information content (AvgIpc) is 1.84. The molecule has 1 unspecified atom stereocenters. The van der Waals surface area contributed by atoms with Gasteiger partial charge in [0.1, 0.15) is 0 Å². The molecule has 0 amide bonds. The maximum Gasteiger partial charge on any atom is 0.0148 e. The number of hydrogen-bond acceptors (Lipinski definition) is 2. The van der Waals surface area contributed by atoms with E-state index in [-0.39, 0.29) is 0 Å². The van der Waals surface area contributed by atoms with Crippen LogP contribution in [0.4, 0.5) is 0 Å². The lowest BCUT2D eigenvalue weighted by molar-refractivity contribution is -0.0300. The van der Waals surface area contributed by atoms with E-state index in [2.05, 4.69) is 12.2 Å². The standard InChI is InChI=1S/C8H16N2/c1-2-7-8(5-10-7)4-3-6(8)9/h6-7,10H,2-5,9H2,1H3/t6?,7-,8+/m1/s1. The first kappa shape index (κ1) is 6.62. The van der Waals surface area contributed by atoms with Gasteiger partial charge in [-0.1, -0.05) is 6.92 Å². The van der Waals surface area contributed by atoms with E-state index in [9.17, 15) is 0 Å². The molecule has 3 N–H and O–H groups in total. The normalized spacial score (nSPS) is 52.2. The van der Waals surface area contributed by atoms with Gasteiger partial charge in [0, 0.05) is 24.0 Å². The summed E-state index contributed by atoms with van der Waals surface area (Å²) in [5, 5.41) is 3.44. The zero-order chi connectivity index (χ0) is 7.19. The fourth-order valence-corrected chi connectivity index (χ4v) is 2.39. The van der Waals surface area contributed by atoms with Gasteiger partial charge in [-0.25, -0.2) is 0 Å². The van der Waals surface area contributed by atoms with Gasteiger partial charge in [-0.15, -0.1) is 0 Å². The Morgan fingerprint density at radius 3 is 2.60 bits per heavy atom. The van der Waals surface area contributed by atoms with Crippen LogP contribution in [0.3, 0.4) is 0 Å². The topological polar surface area (TPSA) is 38.0 Å². The van der Waals surface area contributed by atoms with Crippen LogP contribution in [0.25, 0.3) is 0 Å². The van der Waals surface area contributed by atoms with Gasteiger partial charge in [-0.3, -0.25) is 0 Å². The zero-order valence-electron chi connectivity index (χ0n) is 6.56. The number of hydrogen-bond donors (Lipinski definition) is 2. The van der Waals surface area contributed by atoms with E-state index in [0.29, 0.717) is 11.5 Å². The van der Waals surface area contributed by atoms with Crippen LogP contribution in [-0.4, -0.2) is 18.6 Å². The van der Waals surface area contributed by atoms with Gasteiger partial charge >= 0.3 is 0 Å². The molecule has 10 heavy (non-hydrogen) atoms. The van der Waals surface area contributed by atoms with E-state index in [1.54, 1.807) is 0 Å². The molecule has 1 aliphatic carbocycles. The predicted molar refractivity (Wildman–Crippen MR) is 41.7 cm³/mol. The van der Waals surface area contributed by atoms with E-state index in [4.69, 9.17) is 5.73 Å². The highest BCUT2D eigenvalue weighted by atomic mass is 15.1. The largest absolute Gasteiger partial charge is 0.327 e. The summed E-state index contributed by atoms with van der Waals surface area (Å²) in [4.78, 5) is 0. The molecule has 0 bridgehead atoms. The number of nitrogens with one attached hydrogen (secondary N) is 1. The second-order valence-corrected chi connectivity index (χ2v) is 3.72. The van der Waals surface area contributed by atoms with Crippen molar-refractivity contribution in [3.05, 3.63) is 0 Å². The molecule has 1 heterocycles. The van der Waals surface area contributed by atoms with Crippen molar-refractivity contribution in [2.45, 2.75) is 38.3 Å². The Balaban J connectivity index is 2.03. The van der Waals surface area contributed by atoms with Gasteiger partial charge in [-0.2, -0.15) is 0 Å². The molecule has 58 valence electrons. The third-order valence-electron chi connectivity index (χ3n) is 3.44. The molecule has 2 rings (SSSR count). The summed E-state index contributed by atoms with van der Waals surface area (Å²) in [7, 11) is 0. The summed E-state index contributed by atoms with van der Waals surface area (Å²) in [6, 6.07) is 1.23. The summed E-state index contributed by atoms with van der Waals surface area (Å²) in [5.41, 5.74) is 6.48. The maximum absolute atomic E-state index is 5.94. The van der Waals surface area contributed by atoms with Crippen LogP contribution >= 0.6 is 0 Å². The van der Waals surface area contributed by atoms with Crippen LogP contribution < -0.4 is 11.1 Å². The van der Waals surface area contributed by atoms with Crippen molar-refractivity contribution in [1.29, 1.82) is 0 Å². The van der Waals surface area contributed by atoms with Gasteiger partial charge in [0.15, 0.2) is 0 Å². The van der Waals surface area contributed by atoms with Gasteiger partial charge in [0.2, 0.25) is 0 Å². The summed E-state index contributed by atoms with van der Waals surface area (Å²) >= 11 is 0. The third kappa shape index (κ3) is 0.565. The SMILES string of the molecule is CC[C@H]1NC[C@]12CCC2N. The first-order chi connectivity index (χ1) is 4.79. The Bertz CT molecular complexity index is 140. The fraction of sp³-hybridized carbons (Fsp3) is 1.00. The van der Waals surface area contributed by atoms with Crippen LogP contribution in [-0.2, 0) is 0 Å². The molecule has 2 nitrogen and oxygen atoms in total. The minimum Gasteiger partial charge on any atom is -0.327 e. The minimum atomic E-state index is 0.499. The molecule has 3 atom stereocenters. The zero-order valence-corrected chi connectivity index (χ0v) is 6.56. The number of nitrogens with two attached hydrogens (primary N) is 1. The second-order valence-electron chi connectivity index (χ2n) is 3.72. The Morgan fingerprint density at radius 2 is 2.50 bits per heavy atom. The quantitative estimate of drug-likeness (QED) is 0.556. The molecule has 0 aromatic heterocycles. The third-order valence-corrected chi connectivity index (χ3v) is 3.44. The van der Waals surface area contributed by atoms with Crippen molar-refractivity contribution in [3.63, 3.8) is 0 Å². The van der Waals surface area contributed by atoms with Gasteiger partial charge in [-0.05, 0) is 19.3 Å². The Kier molecular flexibility index (Phi) is 1.29. The molecule has 0 radical (unpaired) electrons. The van der Waals surface area contributed by atoms with Crippen LogP contribution in [0.5, 0.6) is 0 Å². The van der Waals surface area contributed by atoms with Gasteiger partial charge in [0.25, 0.3) is 0 Å². The molecule has 2 aliphatic rings. The molecule has 2 heteroatoms. The van der Waals surface area contributed by atoms with Crippen molar-refractivity contribution in [3.8, 4) is 0 Å². The summed E-state index contributed by atoms with van der Waals surface area (Å²) < 4.78 is 0. The first-order valence-corrected chi connectivity index (χ1v) is 4.28. The highest BCUT2D eigenvalue weighted by Crippen LogP contribution is 2.48. The van der Waals surface area contributed by atoms with Crippen LogP contribution in [0, 0.1) is 5.41 Å². The maximum atomic E-state index is 5.94. The lowest BCUT2D eigenvalue weighted by atomic mass is 9.55. The lowest BCUT2D eigenvalue weighted by Crippen LogP contribution is -2.73. The fourth-order valence-electron chi connectivity index (χ4n) is 2.39. The summed E-state index contributed by atoms with van der Waals surface area (Å²) in [5.74, 6) is 0. The second kappa shape index (κ2) is 1.95. The Morgan fingerprint density at radius 1 is 1.70 bits per heavy atom. The van der Waals surface area contributed by atoms with Crippen LogP contribution in [0.15, 0.2) is 0 Å². The molecule has 1 spiro atoms. The molecular formula is C8H16N2. The highest BCUT2D eigenvalue weighted by molar-refractivity contribution is 5.12. The molecule has 0 aromatic carbocycles. The molecule has 0 aromatic rings. The van der Waals surface area contributed by atoms with Crippen molar-refractivity contribution in [2.75, 3.05) is 6.54 Å². The van der Waals surface area contributed by atoms with E-state index in [1.165, 1.54) is 25.8 Å². The molecule has 2 fully saturated rings. The van der Waals surface area contributed by atoms with Crippen molar-refractivity contribution in [2.24, 2.45) is 11.1 Å². The Labute approximate surface area is 62.2 Å². The van der Waals surface area contributed by atoms with Crippen LogP contribution in [0.1, 0.15) is 26.2 Å². The monoisotopic (exact) mass is 140 g/mol. The smallest absolute Gasteiger partial charge is 0.0148 e. The summed E-state index contributed by atoms with van der Waals surface area (Å²) in [6.45, 7) is 3.41. The molecule has 1 aliphatic heterocycles. The summed E-state index contributed by atoms with van der Waals surface area (Å²) in [6.07, 6.45) is 3.85. The first-order valence-electron chi connectivity index (χ1n) is 4.28. The highest BCUT2D eigenvalue weighted by Gasteiger charge is 2.54. The van der Waals surface area contributed by atoms with Crippen LogP contribution in [0.2, 0.25) is 0 Å². The van der Waals surface area contributed by atoms with Crippen molar-refractivity contribution >= 4 is 0 Å². The lowest BCUT2D eigenvalue weighted by Gasteiger charge is -2.60. The van der Waals surface area contributed by atoms with Crippen molar-refractivity contribution < 1.29 is 0 Å². The van der Waals surface area contributed by atoms with Gasteiger partial charge < -0.3 is 11.1 Å². The van der Waals surface area contributed by atoms with E-state index >= 15 is 0 Å². The molecule has 1 saturated heterocycles. The van der Waals surface area contributed by atoms with Crippen molar-refractivity contribution in [1.82, 2.24) is 5.32 Å². The average molecular weight is 140 g/mol. The van der Waals surface area contributed by atoms with E-state index < -0.39 is 0 Å². The molecule has 1 saturated carbocycles. The van der Waals surface area contributed by atoms with Gasteiger partial charge in [0.05, 0.1) is 0 Å². The minimum absolute atomic E-state index is 0.499. The number of rotatable bonds is 1. The molecular weight excluding hydrogens is 124 g/mol. The van der Waals surface area contributed by atoms with E-state index in [0.717, 1.165) is 6.04 Å². The van der Waals surface area contributed by atoms with E-state index in [1.807, 2.05) is 0 Å².